The fourth-order valence-corrected chi connectivity index (χ4v) is 3.13. The summed E-state index contributed by atoms with van der Waals surface area (Å²) in [6.07, 6.45) is 1.12. The average Bonchev–Trinajstić information content (AvgIpc) is 2.71. The van der Waals surface area contributed by atoms with Gasteiger partial charge in [-0.2, -0.15) is 0 Å². The molecule has 0 radical (unpaired) electrons. The highest BCUT2D eigenvalue weighted by Gasteiger charge is 2.07. The molecule has 0 fully saturated rings. The molecule has 1 aromatic carbocycles. The van der Waals surface area contributed by atoms with E-state index in [1.807, 2.05) is 11.3 Å². The van der Waals surface area contributed by atoms with Crippen LogP contribution in [0.2, 0.25) is 0 Å². The molecule has 18 heavy (non-hydrogen) atoms. The van der Waals surface area contributed by atoms with Gasteiger partial charge in [-0.15, -0.1) is 11.3 Å². The molecule has 0 aliphatic carbocycles. The number of thiophene rings is 1. The third-order valence-corrected chi connectivity index (χ3v) is 4.30. The van der Waals surface area contributed by atoms with Crippen LogP contribution >= 0.6 is 11.3 Å². The van der Waals surface area contributed by atoms with Crippen molar-refractivity contribution in [3.05, 3.63) is 34.7 Å². The van der Waals surface area contributed by atoms with Gasteiger partial charge in [0.05, 0.1) is 0 Å². The van der Waals surface area contributed by atoms with Gasteiger partial charge in [0, 0.05) is 10.7 Å². The Morgan fingerprint density at radius 2 is 1.94 bits per heavy atom. The Kier molecular flexibility index (Phi) is 4.41. The van der Waals surface area contributed by atoms with Gasteiger partial charge < -0.3 is 5.32 Å². The Bertz CT molecular complexity index is 511. The van der Waals surface area contributed by atoms with Crippen LogP contribution in [0.15, 0.2) is 23.6 Å². The monoisotopic (exact) mass is 261 g/mol. The minimum atomic E-state index is 0.570. The van der Waals surface area contributed by atoms with Gasteiger partial charge in [-0.05, 0) is 52.9 Å². The van der Waals surface area contributed by atoms with Gasteiger partial charge in [0.2, 0.25) is 0 Å². The Labute approximate surface area is 114 Å². The van der Waals surface area contributed by atoms with Crippen LogP contribution in [-0.2, 0) is 6.42 Å². The molecular weight excluding hydrogens is 238 g/mol. The number of fused-ring (bicyclic) bond motifs is 1. The van der Waals surface area contributed by atoms with Crippen molar-refractivity contribution in [2.45, 2.75) is 46.1 Å². The van der Waals surface area contributed by atoms with Crippen LogP contribution in [0.5, 0.6) is 0 Å². The van der Waals surface area contributed by atoms with Gasteiger partial charge in [0.1, 0.15) is 0 Å². The van der Waals surface area contributed by atoms with Crippen molar-refractivity contribution < 1.29 is 0 Å². The van der Waals surface area contributed by atoms with Crippen molar-refractivity contribution in [3.8, 4) is 0 Å². The molecule has 1 N–H and O–H groups in total. The Balaban J connectivity index is 2.20. The molecule has 0 unspecified atom stereocenters. The van der Waals surface area contributed by atoms with E-state index in [0.717, 1.165) is 13.0 Å². The van der Waals surface area contributed by atoms with Crippen molar-refractivity contribution >= 4 is 21.4 Å². The molecule has 0 aliphatic heterocycles. The van der Waals surface area contributed by atoms with Gasteiger partial charge in [-0.25, -0.2) is 0 Å². The van der Waals surface area contributed by atoms with E-state index in [1.165, 1.54) is 21.2 Å². The molecule has 0 saturated carbocycles. The summed E-state index contributed by atoms with van der Waals surface area (Å²) >= 11 is 1.87. The smallest absolute Gasteiger partial charge is 0.0345 e. The number of nitrogens with one attached hydrogen (secondary N) is 1. The first kappa shape index (κ1) is 13.6. The highest BCUT2D eigenvalue weighted by molar-refractivity contribution is 7.17. The molecule has 0 spiro atoms. The van der Waals surface area contributed by atoms with E-state index in [2.05, 4.69) is 56.6 Å². The van der Waals surface area contributed by atoms with E-state index >= 15 is 0 Å². The molecule has 2 aromatic rings. The van der Waals surface area contributed by atoms with Crippen LogP contribution in [-0.4, -0.2) is 12.6 Å². The van der Waals surface area contributed by atoms with Gasteiger partial charge in [0.15, 0.2) is 0 Å². The van der Waals surface area contributed by atoms with Crippen molar-refractivity contribution in [3.63, 3.8) is 0 Å². The zero-order chi connectivity index (χ0) is 13.1. The first-order valence-electron chi connectivity index (χ1n) is 6.81. The Morgan fingerprint density at radius 1 is 1.17 bits per heavy atom. The van der Waals surface area contributed by atoms with E-state index < -0.39 is 0 Å². The predicted molar refractivity (Wildman–Crippen MR) is 82.8 cm³/mol. The third kappa shape index (κ3) is 3.12. The summed E-state index contributed by atoms with van der Waals surface area (Å²) in [5.74, 6) is 0.607. The average molecular weight is 261 g/mol. The SMILES string of the molecule is CC(C)NCCc1csc2ccc(C(C)C)cc12. The largest absolute Gasteiger partial charge is 0.314 e. The maximum absolute atomic E-state index is 3.49. The van der Waals surface area contributed by atoms with E-state index in [4.69, 9.17) is 0 Å². The Hall–Kier alpha value is -0.860. The summed E-state index contributed by atoms with van der Waals surface area (Å²) in [6.45, 7) is 9.97. The van der Waals surface area contributed by atoms with E-state index in [1.54, 1.807) is 0 Å². The molecule has 0 amide bonds. The first-order valence-corrected chi connectivity index (χ1v) is 7.69. The quantitative estimate of drug-likeness (QED) is 0.831. The van der Waals surface area contributed by atoms with Crippen LogP contribution in [0.25, 0.3) is 10.1 Å². The summed E-state index contributed by atoms with van der Waals surface area (Å²) < 4.78 is 1.42. The number of rotatable bonds is 5. The van der Waals surface area contributed by atoms with Gasteiger partial charge in [-0.3, -0.25) is 0 Å². The van der Waals surface area contributed by atoms with Gasteiger partial charge in [0.25, 0.3) is 0 Å². The third-order valence-electron chi connectivity index (χ3n) is 3.29. The fourth-order valence-electron chi connectivity index (χ4n) is 2.15. The van der Waals surface area contributed by atoms with Crippen LogP contribution < -0.4 is 5.32 Å². The van der Waals surface area contributed by atoms with Crippen LogP contribution in [0.1, 0.15) is 44.7 Å². The Morgan fingerprint density at radius 3 is 2.61 bits per heavy atom. The molecular formula is C16H23NS. The number of hydrogen-bond donors (Lipinski definition) is 1. The van der Waals surface area contributed by atoms with Crippen LogP contribution in [0, 0.1) is 0 Å². The summed E-state index contributed by atoms with van der Waals surface area (Å²) in [4.78, 5) is 0. The molecule has 1 aromatic heterocycles. The molecule has 0 aliphatic rings. The zero-order valence-electron chi connectivity index (χ0n) is 11.8. The molecule has 1 nitrogen and oxygen atoms in total. The maximum atomic E-state index is 3.49. The van der Waals surface area contributed by atoms with Crippen LogP contribution in [0.4, 0.5) is 0 Å². The second kappa shape index (κ2) is 5.85. The molecule has 0 atom stereocenters. The number of hydrogen-bond acceptors (Lipinski definition) is 2. The second-order valence-electron chi connectivity index (χ2n) is 5.53. The summed E-state index contributed by atoms with van der Waals surface area (Å²) in [7, 11) is 0. The molecule has 0 bridgehead atoms. The lowest BCUT2D eigenvalue weighted by atomic mass is 10.00. The highest BCUT2D eigenvalue weighted by Crippen LogP contribution is 2.29. The first-order chi connectivity index (χ1) is 8.58. The summed E-state index contributed by atoms with van der Waals surface area (Å²) in [5.41, 5.74) is 2.93. The lowest BCUT2D eigenvalue weighted by molar-refractivity contribution is 0.591. The molecule has 0 saturated heterocycles. The van der Waals surface area contributed by atoms with Crippen molar-refractivity contribution in [1.29, 1.82) is 0 Å². The minimum absolute atomic E-state index is 0.570. The zero-order valence-corrected chi connectivity index (χ0v) is 12.6. The lowest BCUT2D eigenvalue weighted by Crippen LogP contribution is -2.24. The standard InChI is InChI=1S/C16H23NS/c1-11(2)13-5-6-16-15(9-13)14(10-18-16)7-8-17-12(3)4/h5-6,9-12,17H,7-8H2,1-4H3. The normalized spacial score (nSPS) is 11.9. The van der Waals surface area contributed by atoms with Crippen LogP contribution in [0.3, 0.4) is 0 Å². The highest BCUT2D eigenvalue weighted by atomic mass is 32.1. The molecule has 98 valence electrons. The van der Waals surface area contributed by atoms with E-state index in [0.29, 0.717) is 12.0 Å². The summed E-state index contributed by atoms with van der Waals surface area (Å²) in [5, 5.41) is 7.26. The topological polar surface area (TPSA) is 12.0 Å². The van der Waals surface area contributed by atoms with E-state index in [-0.39, 0.29) is 0 Å². The van der Waals surface area contributed by atoms with Gasteiger partial charge in [-0.1, -0.05) is 33.8 Å². The molecule has 2 heteroatoms. The van der Waals surface area contributed by atoms with E-state index in [9.17, 15) is 0 Å². The minimum Gasteiger partial charge on any atom is -0.314 e. The van der Waals surface area contributed by atoms with Crippen molar-refractivity contribution in [2.24, 2.45) is 0 Å². The second-order valence-corrected chi connectivity index (χ2v) is 6.44. The fraction of sp³-hybridized carbons (Fsp3) is 0.500. The summed E-state index contributed by atoms with van der Waals surface area (Å²) in [6, 6.07) is 7.48. The maximum Gasteiger partial charge on any atom is 0.0345 e. The number of benzene rings is 1. The van der Waals surface area contributed by atoms with Crippen molar-refractivity contribution in [1.82, 2.24) is 5.32 Å². The molecule has 2 rings (SSSR count). The predicted octanol–water partition coefficient (Wildman–Crippen LogP) is 4.57. The lowest BCUT2D eigenvalue weighted by Gasteiger charge is -2.08. The van der Waals surface area contributed by atoms with Crippen molar-refractivity contribution in [2.75, 3.05) is 6.54 Å². The molecule has 1 heterocycles. The van der Waals surface area contributed by atoms with Gasteiger partial charge >= 0.3 is 0 Å².